The first-order valence-corrected chi connectivity index (χ1v) is 9.06. The maximum absolute atomic E-state index is 12.4. The molecular formula is C23H21NO3. The number of carbonyl (C=O) groups excluding carboxylic acids is 1. The summed E-state index contributed by atoms with van der Waals surface area (Å²) in [6.45, 7) is 2.34. The summed E-state index contributed by atoms with van der Waals surface area (Å²) < 4.78 is 11.5. The van der Waals surface area contributed by atoms with Crippen LogP contribution in [0.5, 0.6) is 11.5 Å². The highest BCUT2D eigenvalue weighted by Gasteiger charge is 2.29. The molecule has 3 aromatic rings. The van der Waals surface area contributed by atoms with Gasteiger partial charge in [0.1, 0.15) is 11.5 Å². The minimum absolute atomic E-state index is 0.297. The molecule has 0 bridgehead atoms. The van der Waals surface area contributed by atoms with Crippen LogP contribution in [0.3, 0.4) is 0 Å². The molecule has 1 aliphatic heterocycles. The fourth-order valence-electron chi connectivity index (χ4n) is 3.35. The minimum Gasteiger partial charge on any atom is -0.456 e. The van der Waals surface area contributed by atoms with E-state index in [1.54, 1.807) is 0 Å². The van der Waals surface area contributed by atoms with Crippen molar-refractivity contribution in [3.05, 3.63) is 95.1 Å². The third-order valence-corrected chi connectivity index (χ3v) is 4.72. The third kappa shape index (κ3) is 3.65. The van der Waals surface area contributed by atoms with E-state index in [1.807, 2.05) is 79.7 Å². The molecule has 4 heteroatoms. The standard InChI is InChI=1S/C23H21NO3/c1-16-8-7-12-19-21(18-11-5-6-13-20(18)27-22(16)19)24-23(25)26-15-14-17-9-3-2-4-10-17/h2-13,21H,14-15H2,1H3,(H,24,25). The molecule has 136 valence electrons. The zero-order chi connectivity index (χ0) is 18.6. The van der Waals surface area contributed by atoms with Gasteiger partial charge in [0.15, 0.2) is 0 Å². The largest absolute Gasteiger partial charge is 0.456 e. The highest BCUT2D eigenvalue weighted by Crippen LogP contribution is 2.44. The predicted octanol–water partition coefficient (Wildman–Crippen LogP) is 5.16. The van der Waals surface area contributed by atoms with Gasteiger partial charge in [0.2, 0.25) is 0 Å². The number of hydrogen-bond donors (Lipinski definition) is 1. The molecule has 0 aliphatic carbocycles. The molecule has 4 rings (SSSR count). The molecule has 1 N–H and O–H groups in total. The van der Waals surface area contributed by atoms with Crippen LogP contribution in [0.25, 0.3) is 0 Å². The van der Waals surface area contributed by atoms with Gasteiger partial charge >= 0.3 is 6.09 Å². The molecule has 0 fully saturated rings. The van der Waals surface area contributed by atoms with E-state index in [9.17, 15) is 4.79 Å². The normalized spacial score (nSPS) is 14.5. The second-order valence-corrected chi connectivity index (χ2v) is 6.58. The molecule has 1 amide bonds. The first-order chi connectivity index (χ1) is 13.2. The van der Waals surface area contributed by atoms with E-state index in [4.69, 9.17) is 9.47 Å². The summed E-state index contributed by atoms with van der Waals surface area (Å²) in [6, 6.07) is 23.4. The number of ether oxygens (including phenoxy) is 2. The summed E-state index contributed by atoms with van der Waals surface area (Å²) in [4.78, 5) is 12.4. The lowest BCUT2D eigenvalue weighted by Crippen LogP contribution is -2.32. The molecule has 3 aromatic carbocycles. The van der Waals surface area contributed by atoms with Crippen LogP contribution in [0.2, 0.25) is 0 Å². The van der Waals surface area contributed by atoms with Crippen LogP contribution in [0, 0.1) is 6.92 Å². The lowest BCUT2D eigenvalue weighted by molar-refractivity contribution is 0.144. The molecule has 4 nitrogen and oxygen atoms in total. The van der Waals surface area contributed by atoms with Crippen LogP contribution in [-0.2, 0) is 11.2 Å². The molecule has 1 aliphatic rings. The number of rotatable bonds is 4. The van der Waals surface area contributed by atoms with Crippen molar-refractivity contribution in [1.82, 2.24) is 5.32 Å². The summed E-state index contributed by atoms with van der Waals surface area (Å²) in [7, 11) is 0. The van der Waals surface area contributed by atoms with Gasteiger partial charge in [0.25, 0.3) is 0 Å². The van der Waals surface area contributed by atoms with Crippen molar-refractivity contribution < 1.29 is 14.3 Å². The molecule has 1 heterocycles. The van der Waals surface area contributed by atoms with Gasteiger partial charge in [0.05, 0.1) is 12.6 Å². The molecule has 0 saturated carbocycles. The van der Waals surface area contributed by atoms with Crippen molar-refractivity contribution in [3.63, 3.8) is 0 Å². The first kappa shape index (κ1) is 17.2. The first-order valence-electron chi connectivity index (χ1n) is 9.06. The van der Waals surface area contributed by atoms with Gasteiger partial charge in [-0.05, 0) is 24.1 Å². The summed E-state index contributed by atoms with van der Waals surface area (Å²) in [6.07, 6.45) is 0.258. The van der Waals surface area contributed by atoms with E-state index >= 15 is 0 Å². The molecule has 1 unspecified atom stereocenters. The van der Waals surface area contributed by atoms with E-state index in [2.05, 4.69) is 5.32 Å². The predicted molar refractivity (Wildman–Crippen MR) is 104 cm³/mol. The molecule has 0 radical (unpaired) electrons. The Balaban J connectivity index is 1.50. The van der Waals surface area contributed by atoms with Crippen LogP contribution in [0.4, 0.5) is 4.79 Å². The van der Waals surface area contributed by atoms with Crippen molar-refractivity contribution >= 4 is 6.09 Å². The molecule has 0 aromatic heterocycles. The minimum atomic E-state index is -0.430. The third-order valence-electron chi connectivity index (χ3n) is 4.72. The monoisotopic (exact) mass is 359 g/mol. The number of alkyl carbamates (subject to hydrolysis) is 1. The van der Waals surface area contributed by atoms with Gasteiger partial charge in [-0.1, -0.05) is 66.7 Å². The number of carbonyl (C=O) groups is 1. The van der Waals surface area contributed by atoms with Crippen LogP contribution < -0.4 is 10.1 Å². The summed E-state index contributed by atoms with van der Waals surface area (Å²) >= 11 is 0. The van der Waals surface area contributed by atoms with Gasteiger partial charge < -0.3 is 14.8 Å². The van der Waals surface area contributed by atoms with Crippen molar-refractivity contribution in [2.24, 2.45) is 0 Å². The lowest BCUT2D eigenvalue weighted by Gasteiger charge is -2.29. The highest BCUT2D eigenvalue weighted by molar-refractivity contribution is 5.70. The SMILES string of the molecule is Cc1cccc2c1Oc1ccccc1C2NC(=O)OCCc1ccccc1. The average molecular weight is 359 g/mol. The molecule has 0 spiro atoms. The van der Waals surface area contributed by atoms with Gasteiger partial charge in [-0.2, -0.15) is 0 Å². The van der Waals surface area contributed by atoms with Crippen LogP contribution in [0.1, 0.15) is 28.3 Å². The van der Waals surface area contributed by atoms with Crippen molar-refractivity contribution in [2.45, 2.75) is 19.4 Å². The quantitative estimate of drug-likeness (QED) is 0.700. The highest BCUT2D eigenvalue weighted by atomic mass is 16.5. The smallest absolute Gasteiger partial charge is 0.407 e. The molecular weight excluding hydrogens is 338 g/mol. The van der Waals surface area contributed by atoms with Gasteiger partial charge in [-0.3, -0.25) is 0 Å². The van der Waals surface area contributed by atoms with Gasteiger partial charge in [-0.15, -0.1) is 0 Å². The number of benzene rings is 3. The molecule has 27 heavy (non-hydrogen) atoms. The van der Waals surface area contributed by atoms with Crippen molar-refractivity contribution in [2.75, 3.05) is 6.61 Å². The summed E-state index contributed by atoms with van der Waals surface area (Å²) in [5.74, 6) is 1.56. The Morgan fingerprint density at radius 2 is 1.70 bits per heavy atom. The van der Waals surface area contributed by atoms with E-state index in [0.29, 0.717) is 13.0 Å². The van der Waals surface area contributed by atoms with Crippen molar-refractivity contribution in [3.8, 4) is 11.5 Å². The Morgan fingerprint density at radius 1 is 0.963 bits per heavy atom. The molecule has 0 saturated heterocycles. The van der Waals surface area contributed by atoms with E-state index in [-0.39, 0.29) is 6.04 Å². The number of nitrogens with one attached hydrogen (secondary N) is 1. The Labute approximate surface area is 158 Å². The van der Waals surface area contributed by atoms with Crippen LogP contribution in [0.15, 0.2) is 72.8 Å². The Morgan fingerprint density at radius 3 is 2.56 bits per heavy atom. The number of aryl methyl sites for hydroxylation is 1. The number of fused-ring (bicyclic) bond motifs is 2. The maximum Gasteiger partial charge on any atom is 0.407 e. The van der Waals surface area contributed by atoms with E-state index in [0.717, 1.165) is 33.8 Å². The van der Waals surface area contributed by atoms with Gasteiger partial charge in [-0.25, -0.2) is 4.79 Å². The van der Waals surface area contributed by atoms with Gasteiger partial charge in [0, 0.05) is 17.5 Å². The Bertz CT molecular complexity index is 953. The zero-order valence-corrected chi connectivity index (χ0v) is 15.1. The zero-order valence-electron chi connectivity index (χ0n) is 15.1. The number of amides is 1. The number of para-hydroxylation sites is 2. The van der Waals surface area contributed by atoms with Crippen molar-refractivity contribution in [1.29, 1.82) is 0 Å². The lowest BCUT2D eigenvalue weighted by atomic mass is 9.93. The fraction of sp³-hybridized carbons (Fsp3) is 0.174. The van der Waals surface area contributed by atoms with E-state index < -0.39 is 6.09 Å². The van der Waals surface area contributed by atoms with E-state index in [1.165, 1.54) is 0 Å². The second-order valence-electron chi connectivity index (χ2n) is 6.58. The fourth-order valence-corrected chi connectivity index (χ4v) is 3.35. The summed E-state index contributed by atoms with van der Waals surface area (Å²) in [5, 5.41) is 3.00. The molecule has 1 atom stereocenters. The van der Waals surface area contributed by atoms with Crippen LogP contribution in [-0.4, -0.2) is 12.7 Å². The second kappa shape index (κ2) is 7.54. The topological polar surface area (TPSA) is 47.6 Å². The maximum atomic E-state index is 12.4. The average Bonchev–Trinajstić information content (AvgIpc) is 2.69. The number of hydrogen-bond acceptors (Lipinski definition) is 3. The summed E-state index contributed by atoms with van der Waals surface area (Å²) in [5.41, 5.74) is 4.04. The van der Waals surface area contributed by atoms with Crippen LogP contribution >= 0.6 is 0 Å². The Kier molecular flexibility index (Phi) is 4.79. The Hall–Kier alpha value is -3.27.